The van der Waals surface area contributed by atoms with Crippen LogP contribution in [0.1, 0.15) is 11.5 Å². The second-order valence-electron chi connectivity index (χ2n) is 4.71. The molecule has 104 valence electrons. The van der Waals surface area contributed by atoms with Gasteiger partial charge in [0.15, 0.2) is 0 Å². The molecule has 0 saturated carbocycles. The van der Waals surface area contributed by atoms with Crippen LogP contribution in [0, 0.1) is 0 Å². The SMILES string of the molecule is COc1ccc(C(CN2CCNCC2)C(=O)O)cc1. The maximum atomic E-state index is 11.5. The number of carboxylic acids is 1. The summed E-state index contributed by atoms with van der Waals surface area (Å²) in [5, 5.41) is 12.7. The molecule has 2 rings (SSSR count). The number of benzene rings is 1. The van der Waals surface area contributed by atoms with Crippen LogP contribution in [0.3, 0.4) is 0 Å². The van der Waals surface area contributed by atoms with Crippen molar-refractivity contribution in [1.82, 2.24) is 10.2 Å². The molecule has 0 spiro atoms. The molecule has 1 unspecified atom stereocenters. The van der Waals surface area contributed by atoms with Crippen LogP contribution in [0.15, 0.2) is 24.3 Å². The van der Waals surface area contributed by atoms with Gasteiger partial charge in [0.05, 0.1) is 13.0 Å². The number of aliphatic carboxylic acids is 1. The summed E-state index contributed by atoms with van der Waals surface area (Å²) in [6.45, 7) is 4.22. The summed E-state index contributed by atoms with van der Waals surface area (Å²) in [6.07, 6.45) is 0. The fraction of sp³-hybridized carbons (Fsp3) is 0.500. The van der Waals surface area contributed by atoms with Gasteiger partial charge in [-0.15, -0.1) is 0 Å². The van der Waals surface area contributed by atoms with Gasteiger partial charge in [-0.2, -0.15) is 0 Å². The van der Waals surface area contributed by atoms with Gasteiger partial charge in [0.1, 0.15) is 5.75 Å². The molecule has 0 radical (unpaired) electrons. The first-order valence-corrected chi connectivity index (χ1v) is 6.50. The molecule has 0 aromatic heterocycles. The molecule has 1 aliphatic rings. The van der Waals surface area contributed by atoms with Crippen LogP contribution in [0.2, 0.25) is 0 Å². The molecule has 1 aromatic carbocycles. The minimum atomic E-state index is -0.774. The predicted octanol–water partition coefficient (Wildman–Crippen LogP) is 0.769. The van der Waals surface area contributed by atoms with Crippen molar-refractivity contribution in [2.75, 3.05) is 39.8 Å². The van der Waals surface area contributed by atoms with Crippen molar-refractivity contribution in [3.63, 3.8) is 0 Å². The van der Waals surface area contributed by atoms with E-state index in [1.807, 2.05) is 24.3 Å². The van der Waals surface area contributed by atoms with Crippen LogP contribution < -0.4 is 10.1 Å². The average molecular weight is 264 g/mol. The van der Waals surface area contributed by atoms with E-state index in [0.29, 0.717) is 6.54 Å². The summed E-state index contributed by atoms with van der Waals surface area (Å²) in [5.41, 5.74) is 0.826. The lowest BCUT2D eigenvalue weighted by Gasteiger charge is -2.29. The standard InChI is InChI=1S/C14H20N2O3/c1-19-12-4-2-11(3-5-12)13(14(17)18)10-16-8-6-15-7-9-16/h2-5,13,15H,6-10H2,1H3,(H,17,18). The summed E-state index contributed by atoms with van der Waals surface area (Å²) < 4.78 is 5.09. The summed E-state index contributed by atoms with van der Waals surface area (Å²) >= 11 is 0. The highest BCUT2D eigenvalue weighted by atomic mass is 16.5. The van der Waals surface area contributed by atoms with Crippen LogP contribution in [-0.2, 0) is 4.79 Å². The summed E-state index contributed by atoms with van der Waals surface area (Å²) in [6, 6.07) is 7.28. The number of hydrogen-bond donors (Lipinski definition) is 2. The Balaban J connectivity index is 2.07. The number of nitrogens with zero attached hydrogens (tertiary/aromatic N) is 1. The smallest absolute Gasteiger partial charge is 0.312 e. The molecule has 0 aliphatic carbocycles. The third kappa shape index (κ3) is 3.68. The quantitative estimate of drug-likeness (QED) is 0.822. The van der Waals surface area contributed by atoms with Gasteiger partial charge >= 0.3 is 5.97 Å². The van der Waals surface area contributed by atoms with E-state index in [-0.39, 0.29) is 0 Å². The Morgan fingerprint density at radius 2 is 2.00 bits per heavy atom. The lowest BCUT2D eigenvalue weighted by molar-refractivity contribution is -0.139. The number of hydrogen-bond acceptors (Lipinski definition) is 4. The third-order valence-electron chi connectivity index (χ3n) is 3.47. The molecule has 5 nitrogen and oxygen atoms in total. The van der Waals surface area contributed by atoms with Gasteiger partial charge in [0.25, 0.3) is 0 Å². The highest BCUT2D eigenvalue weighted by Gasteiger charge is 2.23. The van der Waals surface area contributed by atoms with Crippen LogP contribution in [0.4, 0.5) is 0 Å². The van der Waals surface area contributed by atoms with Crippen LogP contribution in [0.25, 0.3) is 0 Å². The Hall–Kier alpha value is -1.59. The number of carbonyl (C=O) groups is 1. The Morgan fingerprint density at radius 3 is 2.53 bits per heavy atom. The lowest BCUT2D eigenvalue weighted by atomic mass is 9.98. The minimum absolute atomic E-state index is 0.482. The van der Waals surface area contributed by atoms with E-state index >= 15 is 0 Å². The molecule has 19 heavy (non-hydrogen) atoms. The first kappa shape index (κ1) is 13.8. The summed E-state index contributed by atoms with van der Waals surface area (Å²) in [4.78, 5) is 13.6. The zero-order valence-corrected chi connectivity index (χ0v) is 11.1. The molecular formula is C14H20N2O3. The molecule has 0 bridgehead atoms. The number of methoxy groups -OCH3 is 1. The molecule has 1 atom stereocenters. The maximum Gasteiger partial charge on any atom is 0.312 e. The van der Waals surface area contributed by atoms with E-state index in [1.165, 1.54) is 0 Å². The predicted molar refractivity (Wildman–Crippen MR) is 72.7 cm³/mol. The Kier molecular flexibility index (Phi) is 4.76. The van der Waals surface area contributed by atoms with E-state index in [0.717, 1.165) is 37.5 Å². The maximum absolute atomic E-state index is 11.5. The summed E-state index contributed by atoms with van der Waals surface area (Å²) in [5.74, 6) is -0.511. The van der Waals surface area contributed by atoms with Gasteiger partial charge in [-0.25, -0.2) is 0 Å². The minimum Gasteiger partial charge on any atom is -0.497 e. The van der Waals surface area contributed by atoms with Gasteiger partial charge in [-0.05, 0) is 17.7 Å². The molecule has 1 saturated heterocycles. The van der Waals surface area contributed by atoms with Crippen molar-refractivity contribution >= 4 is 5.97 Å². The van der Waals surface area contributed by atoms with Crippen LogP contribution in [-0.4, -0.2) is 55.8 Å². The number of carboxylic acid groups (broad SMARTS) is 1. The lowest BCUT2D eigenvalue weighted by Crippen LogP contribution is -2.45. The Bertz CT molecular complexity index is 413. The van der Waals surface area contributed by atoms with E-state index in [1.54, 1.807) is 7.11 Å². The van der Waals surface area contributed by atoms with Crippen LogP contribution in [0.5, 0.6) is 5.75 Å². The molecule has 1 heterocycles. The van der Waals surface area contributed by atoms with Crippen molar-refractivity contribution in [2.45, 2.75) is 5.92 Å². The molecule has 2 N–H and O–H groups in total. The van der Waals surface area contributed by atoms with Crippen molar-refractivity contribution in [3.8, 4) is 5.75 Å². The first-order chi connectivity index (χ1) is 9.20. The van der Waals surface area contributed by atoms with Gasteiger partial charge in [0.2, 0.25) is 0 Å². The van der Waals surface area contributed by atoms with E-state index in [4.69, 9.17) is 4.74 Å². The average Bonchev–Trinajstić information content (AvgIpc) is 2.46. The normalized spacial score (nSPS) is 17.9. The topological polar surface area (TPSA) is 61.8 Å². The Labute approximate surface area is 113 Å². The Morgan fingerprint density at radius 1 is 1.37 bits per heavy atom. The van der Waals surface area contributed by atoms with Crippen molar-refractivity contribution in [3.05, 3.63) is 29.8 Å². The number of ether oxygens (including phenoxy) is 1. The molecule has 1 fully saturated rings. The highest BCUT2D eigenvalue weighted by Crippen LogP contribution is 2.21. The van der Waals surface area contributed by atoms with Gasteiger partial charge < -0.3 is 15.2 Å². The fourth-order valence-corrected chi connectivity index (χ4v) is 2.31. The van der Waals surface area contributed by atoms with Crippen molar-refractivity contribution in [2.24, 2.45) is 0 Å². The van der Waals surface area contributed by atoms with E-state index < -0.39 is 11.9 Å². The van der Waals surface area contributed by atoms with Gasteiger partial charge in [-0.1, -0.05) is 12.1 Å². The van der Waals surface area contributed by atoms with E-state index in [2.05, 4.69) is 10.2 Å². The fourth-order valence-electron chi connectivity index (χ4n) is 2.31. The van der Waals surface area contributed by atoms with Gasteiger partial charge in [0, 0.05) is 32.7 Å². The molecule has 1 aromatic rings. The molecule has 0 amide bonds. The molecular weight excluding hydrogens is 244 g/mol. The third-order valence-corrected chi connectivity index (χ3v) is 3.47. The summed E-state index contributed by atoms with van der Waals surface area (Å²) in [7, 11) is 1.60. The second-order valence-corrected chi connectivity index (χ2v) is 4.71. The number of rotatable bonds is 5. The molecule has 5 heteroatoms. The number of nitrogens with one attached hydrogen (secondary N) is 1. The molecule has 1 aliphatic heterocycles. The van der Waals surface area contributed by atoms with Crippen molar-refractivity contribution in [1.29, 1.82) is 0 Å². The van der Waals surface area contributed by atoms with Crippen LogP contribution >= 0.6 is 0 Å². The largest absolute Gasteiger partial charge is 0.497 e. The monoisotopic (exact) mass is 264 g/mol. The highest BCUT2D eigenvalue weighted by molar-refractivity contribution is 5.76. The first-order valence-electron chi connectivity index (χ1n) is 6.50. The van der Waals surface area contributed by atoms with Gasteiger partial charge in [-0.3, -0.25) is 9.69 Å². The zero-order valence-electron chi connectivity index (χ0n) is 11.1. The van der Waals surface area contributed by atoms with E-state index in [9.17, 15) is 9.90 Å². The number of piperazine rings is 1. The van der Waals surface area contributed by atoms with Crippen molar-refractivity contribution < 1.29 is 14.6 Å². The second kappa shape index (κ2) is 6.54. The zero-order chi connectivity index (χ0) is 13.7.